The maximum atomic E-state index is 11.9. The number of epoxide rings is 1. The fourth-order valence-corrected chi connectivity index (χ4v) is 1.71. The van der Waals surface area contributed by atoms with Crippen LogP contribution < -0.4 is 10.3 Å². The number of aromatic nitrogens is 2. The summed E-state index contributed by atoms with van der Waals surface area (Å²) in [7, 11) is 1.62. The monoisotopic (exact) mass is 232 g/mol. The smallest absolute Gasteiger partial charge is 0.274 e. The summed E-state index contributed by atoms with van der Waals surface area (Å²) in [4.78, 5) is 11.9. The second-order valence-corrected chi connectivity index (χ2v) is 4.05. The third-order valence-corrected chi connectivity index (χ3v) is 2.73. The first-order valence-electron chi connectivity index (χ1n) is 5.46. The van der Waals surface area contributed by atoms with Gasteiger partial charge in [-0.3, -0.25) is 4.79 Å². The van der Waals surface area contributed by atoms with Gasteiger partial charge in [0.2, 0.25) is 5.88 Å². The highest BCUT2D eigenvalue weighted by Crippen LogP contribution is 2.21. The van der Waals surface area contributed by atoms with Crippen LogP contribution in [0.5, 0.6) is 5.88 Å². The van der Waals surface area contributed by atoms with Gasteiger partial charge < -0.3 is 9.47 Å². The summed E-state index contributed by atoms with van der Waals surface area (Å²) in [6, 6.07) is 7.31. The number of ether oxygens (including phenoxy) is 2. The molecule has 1 aliphatic rings. The normalized spacial score (nSPS) is 18.3. The van der Waals surface area contributed by atoms with E-state index in [1.807, 2.05) is 18.2 Å². The predicted octanol–water partition coefficient (Wildman–Crippen LogP) is 0.711. The second-order valence-electron chi connectivity index (χ2n) is 4.05. The van der Waals surface area contributed by atoms with E-state index in [0.717, 1.165) is 12.0 Å². The topological polar surface area (TPSA) is 56.6 Å². The molecule has 0 N–H and O–H groups in total. The van der Waals surface area contributed by atoms with Crippen molar-refractivity contribution < 1.29 is 9.47 Å². The third kappa shape index (κ3) is 1.89. The molecule has 1 aromatic heterocycles. The Morgan fingerprint density at radius 2 is 2.18 bits per heavy atom. The Kier molecular flexibility index (Phi) is 2.33. The van der Waals surface area contributed by atoms with Crippen LogP contribution in [-0.2, 0) is 11.8 Å². The lowest BCUT2D eigenvalue weighted by Crippen LogP contribution is -2.21. The van der Waals surface area contributed by atoms with Crippen molar-refractivity contribution >= 4 is 10.8 Å². The Hall–Kier alpha value is -1.88. The van der Waals surface area contributed by atoms with E-state index in [0.29, 0.717) is 17.9 Å². The van der Waals surface area contributed by atoms with Gasteiger partial charge in [-0.05, 0) is 12.1 Å². The average molecular weight is 232 g/mol. The van der Waals surface area contributed by atoms with Crippen molar-refractivity contribution in [2.75, 3.05) is 13.2 Å². The molecule has 1 fully saturated rings. The van der Waals surface area contributed by atoms with Crippen molar-refractivity contribution in [2.24, 2.45) is 7.05 Å². The quantitative estimate of drug-likeness (QED) is 0.731. The average Bonchev–Trinajstić information content (AvgIpc) is 3.16. The van der Waals surface area contributed by atoms with E-state index in [2.05, 4.69) is 5.10 Å². The molecule has 2 aromatic rings. The van der Waals surface area contributed by atoms with E-state index in [1.54, 1.807) is 13.1 Å². The van der Waals surface area contributed by atoms with Crippen molar-refractivity contribution in [3.05, 3.63) is 34.6 Å². The maximum absolute atomic E-state index is 11.9. The first-order valence-corrected chi connectivity index (χ1v) is 5.46. The Morgan fingerprint density at radius 3 is 2.88 bits per heavy atom. The lowest BCUT2D eigenvalue weighted by molar-refractivity contribution is 0.253. The summed E-state index contributed by atoms with van der Waals surface area (Å²) in [6.07, 6.45) is 0.174. The van der Waals surface area contributed by atoms with E-state index in [9.17, 15) is 4.79 Å². The highest BCUT2D eigenvalue weighted by molar-refractivity contribution is 5.85. The Labute approximate surface area is 97.6 Å². The number of rotatable bonds is 3. The lowest BCUT2D eigenvalue weighted by atomic mass is 10.2. The molecule has 3 rings (SSSR count). The van der Waals surface area contributed by atoms with Crippen LogP contribution >= 0.6 is 0 Å². The predicted molar refractivity (Wildman–Crippen MR) is 62.2 cm³/mol. The minimum Gasteiger partial charge on any atom is -0.473 e. The van der Waals surface area contributed by atoms with E-state index >= 15 is 0 Å². The largest absolute Gasteiger partial charge is 0.473 e. The van der Waals surface area contributed by atoms with Crippen LogP contribution in [-0.4, -0.2) is 29.1 Å². The summed E-state index contributed by atoms with van der Waals surface area (Å²) >= 11 is 0. The van der Waals surface area contributed by atoms with Crippen LogP contribution in [0.25, 0.3) is 10.8 Å². The standard InChI is InChI=1S/C12H12N2O3/c1-14-12(15)10-5-3-2-4-9(10)11(13-14)17-7-8-6-16-8/h2-5,8H,6-7H2,1H3. The van der Waals surface area contributed by atoms with Gasteiger partial charge in [0.1, 0.15) is 12.7 Å². The van der Waals surface area contributed by atoms with Gasteiger partial charge in [0.15, 0.2) is 0 Å². The van der Waals surface area contributed by atoms with Crippen molar-refractivity contribution in [2.45, 2.75) is 6.10 Å². The number of nitrogens with zero attached hydrogens (tertiary/aromatic N) is 2. The molecule has 0 spiro atoms. The first-order chi connectivity index (χ1) is 8.25. The van der Waals surface area contributed by atoms with Crippen molar-refractivity contribution in [1.82, 2.24) is 9.78 Å². The van der Waals surface area contributed by atoms with Crippen molar-refractivity contribution in [3.63, 3.8) is 0 Å². The Bertz CT molecular complexity index is 617. The molecular weight excluding hydrogens is 220 g/mol. The van der Waals surface area contributed by atoms with E-state index in [-0.39, 0.29) is 11.7 Å². The molecular formula is C12H12N2O3. The van der Waals surface area contributed by atoms with Gasteiger partial charge in [-0.1, -0.05) is 12.1 Å². The van der Waals surface area contributed by atoms with Gasteiger partial charge in [0.25, 0.3) is 5.56 Å². The maximum Gasteiger partial charge on any atom is 0.274 e. The molecule has 88 valence electrons. The zero-order chi connectivity index (χ0) is 11.8. The molecule has 0 bridgehead atoms. The molecule has 1 aliphatic heterocycles. The molecule has 2 heterocycles. The molecule has 5 heteroatoms. The van der Waals surface area contributed by atoms with E-state index in [4.69, 9.17) is 9.47 Å². The third-order valence-electron chi connectivity index (χ3n) is 2.73. The molecule has 1 saturated heterocycles. The fourth-order valence-electron chi connectivity index (χ4n) is 1.71. The van der Waals surface area contributed by atoms with Gasteiger partial charge in [0, 0.05) is 7.05 Å². The summed E-state index contributed by atoms with van der Waals surface area (Å²) < 4.78 is 12.0. The van der Waals surface area contributed by atoms with Gasteiger partial charge >= 0.3 is 0 Å². The number of hydrogen-bond acceptors (Lipinski definition) is 4. The molecule has 1 unspecified atom stereocenters. The lowest BCUT2D eigenvalue weighted by Gasteiger charge is -2.08. The van der Waals surface area contributed by atoms with Crippen LogP contribution in [0.2, 0.25) is 0 Å². The van der Waals surface area contributed by atoms with Crippen LogP contribution in [0.1, 0.15) is 0 Å². The van der Waals surface area contributed by atoms with E-state index in [1.165, 1.54) is 4.68 Å². The molecule has 0 saturated carbocycles. The Morgan fingerprint density at radius 1 is 1.47 bits per heavy atom. The van der Waals surface area contributed by atoms with Gasteiger partial charge in [-0.15, -0.1) is 5.10 Å². The molecule has 17 heavy (non-hydrogen) atoms. The van der Waals surface area contributed by atoms with Gasteiger partial charge in [-0.25, -0.2) is 4.68 Å². The van der Waals surface area contributed by atoms with Crippen LogP contribution in [0.4, 0.5) is 0 Å². The summed E-state index contributed by atoms with van der Waals surface area (Å²) in [5.74, 6) is 0.484. The summed E-state index contributed by atoms with van der Waals surface area (Å²) in [5.41, 5.74) is -0.115. The first kappa shape index (κ1) is 10.3. The van der Waals surface area contributed by atoms with Gasteiger partial charge in [-0.2, -0.15) is 0 Å². The number of fused-ring (bicyclic) bond motifs is 1. The summed E-state index contributed by atoms with van der Waals surface area (Å²) in [5, 5.41) is 5.50. The van der Waals surface area contributed by atoms with Crippen LogP contribution in [0.3, 0.4) is 0 Å². The highest BCUT2D eigenvalue weighted by Gasteiger charge is 2.24. The van der Waals surface area contributed by atoms with Gasteiger partial charge in [0.05, 0.1) is 17.4 Å². The van der Waals surface area contributed by atoms with Crippen molar-refractivity contribution in [1.29, 1.82) is 0 Å². The SMILES string of the molecule is Cn1nc(OCC2CO2)c2ccccc2c1=O. The van der Waals surface area contributed by atoms with Crippen LogP contribution in [0, 0.1) is 0 Å². The van der Waals surface area contributed by atoms with E-state index < -0.39 is 0 Å². The zero-order valence-electron chi connectivity index (χ0n) is 9.42. The number of hydrogen-bond donors (Lipinski definition) is 0. The molecule has 1 aromatic carbocycles. The molecule has 0 radical (unpaired) electrons. The fraction of sp³-hybridized carbons (Fsp3) is 0.333. The summed E-state index contributed by atoms with van der Waals surface area (Å²) in [6.45, 7) is 1.22. The second kappa shape index (κ2) is 3.85. The minimum absolute atomic E-state index is 0.115. The van der Waals surface area contributed by atoms with Crippen LogP contribution in [0.15, 0.2) is 29.1 Å². The Balaban J connectivity index is 2.09. The zero-order valence-corrected chi connectivity index (χ0v) is 9.42. The van der Waals surface area contributed by atoms with Crippen molar-refractivity contribution in [3.8, 4) is 5.88 Å². The number of aryl methyl sites for hydroxylation is 1. The highest BCUT2D eigenvalue weighted by atomic mass is 16.6. The molecule has 1 atom stereocenters. The molecule has 5 nitrogen and oxygen atoms in total. The number of benzene rings is 1. The molecule has 0 aliphatic carbocycles. The minimum atomic E-state index is -0.115. The molecule has 0 amide bonds.